The van der Waals surface area contributed by atoms with Crippen LogP contribution in [0.1, 0.15) is 15.9 Å². The highest BCUT2D eigenvalue weighted by atomic mass is 79.9. The first-order chi connectivity index (χ1) is 12.1. The van der Waals surface area contributed by atoms with Crippen molar-refractivity contribution in [2.75, 3.05) is 7.11 Å². The molecule has 0 radical (unpaired) electrons. The van der Waals surface area contributed by atoms with Gasteiger partial charge in [0.2, 0.25) is 0 Å². The first-order valence-electron chi connectivity index (χ1n) is 7.44. The summed E-state index contributed by atoms with van der Waals surface area (Å²) in [5.41, 5.74) is 3.98. The number of nitrogens with one attached hydrogen (secondary N) is 1. The van der Waals surface area contributed by atoms with Crippen LogP contribution in [0.5, 0.6) is 5.75 Å². The van der Waals surface area contributed by atoms with Gasteiger partial charge in [0.05, 0.1) is 22.3 Å². The number of amides is 1. The van der Waals surface area contributed by atoms with E-state index >= 15 is 0 Å². The molecule has 0 spiro atoms. The summed E-state index contributed by atoms with van der Waals surface area (Å²) in [6, 6.07) is 17.1. The summed E-state index contributed by atoms with van der Waals surface area (Å²) in [4.78, 5) is 12.4. The van der Waals surface area contributed by atoms with Gasteiger partial charge in [-0.1, -0.05) is 36.4 Å². The molecule has 0 unspecified atom stereocenters. The standard InChI is InChI=1S/C19H14Br2N2O2/c1-25-18-16(20)9-12(10-17(18)21)11-22-23-19(24)15-8-4-6-13-5-2-3-7-14(13)15/h2-11H,1H3,(H,23,24)/b22-11-. The van der Waals surface area contributed by atoms with Crippen LogP contribution < -0.4 is 10.2 Å². The van der Waals surface area contributed by atoms with Crippen molar-refractivity contribution >= 4 is 54.8 Å². The second-order valence-corrected chi connectivity index (χ2v) is 6.95. The lowest BCUT2D eigenvalue weighted by molar-refractivity contribution is 0.0957. The maximum Gasteiger partial charge on any atom is 0.271 e. The largest absolute Gasteiger partial charge is 0.494 e. The number of nitrogens with zero attached hydrogens (tertiary/aromatic N) is 1. The molecule has 1 amide bonds. The number of hydrogen-bond donors (Lipinski definition) is 1. The number of rotatable bonds is 4. The Morgan fingerprint density at radius 2 is 1.76 bits per heavy atom. The van der Waals surface area contributed by atoms with Crippen molar-refractivity contribution in [1.82, 2.24) is 5.43 Å². The molecule has 6 heteroatoms. The van der Waals surface area contributed by atoms with Gasteiger partial charge in [0.25, 0.3) is 5.91 Å². The number of hydrazone groups is 1. The molecule has 0 aromatic heterocycles. The number of fused-ring (bicyclic) bond motifs is 1. The van der Waals surface area contributed by atoms with Gasteiger partial charge in [0.1, 0.15) is 5.75 Å². The molecule has 126 valence electrons. The quantitative estimate of drug-likeness (QED) is 0.432. The molecule has 3 rings (SSSR count). The van der Waals surface area contributed by atoms with E-state index < -0.39 is 0 Å². The van der Waals surface area contributed by atoms with E-state index in [1.54, 1.807) is 19.4 Å². The van der Waals surface area contributed by atoms with Gasteiger partial charge in [0.15, 0.2) is 0 Å². The average Bonchev–Trinajstić information content (AvgIpc) is 2.61. The molecule has 0 fully saturated rings. The van der Waals surface area contributed by atoms with Gasteiger partial charge >= 0.3 is 0 Å². The van der Waals surface area contributed by atoms with Gasteiger partial charge < -0.3 is 4.74 Å². The summed E-state index contributed by atoms with van der Waals surface area (Å²) in [5, 5.41) is 5.97. The van der Waals surface area contributed by atoms with Gasteiger partial charge in [-0.25, -0.2) is 5.43 Å². The Hall–Kier alpha value is -2.18. The van der Waals surface area contributed by atoms with E-state index in [0.717, 1.165) is 25.3 Å². The lowest BCUT2D eigenvalue weighted by Crippen LogP contribution is -2.17. The third-order valence-corrected chi connectivity index (χ3v) is 4.82. The Kier molecular flexibility index (Phi) is 5.50. The van der Waals surface area contributed by atoms with Crippen LogP contribution in [0.2, 0.25) is 0 Å². The summed E-state index contributed by atoms with van der Waals surface area (Å²) < 4.78 is 6.86. The summed E-state index contributed by atoms with van der Waals surface area (Å²) in [7, 11) is 1.60. The fourth-order valence-electron chi connectivity index (χ4n) is 2.50. The van der Waals surface area contributed by atoms with E-state index in [0.29, 0.717) is 11.3 Å². The number of carbonyl (C=O) groups is 1. The van der Waals surface area contributed by atoms with E-state index in [4.69, 9.17) is 4.74 Å². The zero-order valence-electron chi connectivity index (χ0n) is 13.3. The van der Waals surface area contributed by atoms with Gasteiger partial charge in [-0.15, -0.1) is 0 Å². The summed E-state index contributed by atoms with van der Waals surface area (Å²) in [5.74, 6) is 0.455. The van der Waals surface area contributed by atoms with Crippen molar-refractivity contribution in [1.29, 1.82) is 0 Å². The third kappa shape index (κ3) is 3.91. The molecule has 0 saturated heterocycles. The van der Waals surface area contributed by atoms with E-state index in [1.165, 1.54) is 0 Å². The van der Waals surface area contributed by atoms with Gasteiger partial charge in [-0.2, -0.15) is 5.10 Å². The Morgan fingerprint density at radius 1 is 1.08 bits per heavy atom. The van der Waals surface area contributed by atoms with Crippen molar-refractivity contribution in [2.24, 2.45) is 5.10 Å². The number of halogens is 2. The molecule has 3 aromatic carbocycles. The first kappa shape index (κ1) is 17.6. The van der Waals surface area contributed by atoms with Gasteiger partial charge in [0, 0.05) is 5.56 Å². The van der Waals surface area contributed by atoms with Crippen LogP contribution in [0.25, 0.3) is 10.8 Å². The number of benzene rings is 3. The van der Waals surface area contributed by atoms with E-state index in [-0.39, 0.29) is 5.91 Å². The molecule has 3 aromatic rings. The lowest BCUT2D eigenvalue weighted by Gasteiger charge is -2.07. The van der Waals surface area contributed by atoms with Crippen LogP contribution in [0, 0.1) is 0 Å². The molecular weight excluding hydrogens is 448 g/mol. The average molecular weight is 462 g/mol. The fraction of sp³-hybridized carbons (Fsp3) is 0.0526. The predicted octanol–water partition coefficient (Wildman–Crippen LogP) is 5.14. The number of hydrogen-bond acceptors (Lipinski definition) is 3. The topological polar surface area (TPSA) is 50.7 Å². The van der Waals surface area contributed by atoms with Crippen LogP contribution in [0.15, 0.2) is 68.6 Å². The van der Waals surface area contributed by atoms with E-state index in [1.807, 2.05) is 48.5 Å². The molecule has 0 aliphatic heterocycles. The maximum absolute atomic E-state index is 12.4. The monoisotopic (exact) mass is 460 g/mol. The van der Waals surface area contributed by atoms with Crippen molar-refractivity contribution in [3.8, 4) is 5.75 Å². The molecule has 1 N–H and O–H groups in total. The molecule has 0 aliphatic carbocycles. The van der Waals surface area contributed by atoms with E-state index in [2.05, 4.69) is 42.4 Å². The minimum absolute atomic E-state index is 0.250. The first-order valence-corrected chi connectivity index (χ1v) is 9.03. The lowest BCUT2D eigenvalue weighted by atomic mass is 10.0. The second-order valence-electron chi connectivity index (χ2n) is 5.24. The van der Waals surface area contributed by atoms with Crippen LogP contribution in [0.3, 0.4) is 0 Å². The highest BCUT2D eigenvalue weighted by Gasteiger charge is 2.09. The fourth-order valence-corrected chi connectivity index (χ4v) is 4.04. The Bertz CT molecular complexity index is 942. The summed E-state index contributed by atoms with van der Waals surface area (Å²) in [6.45, 7) is 0. The SMILES string of the molecule is COc1c(Br)cc(/C=N\NC(=O)c2cccc3ccccc23)cc1Br. The zero-order valence-corrected chi connectivity index (χ0v) is 16.5. The number of methoxy groups -OCH3 is 1. The summed E-state index contributed by atoms with van der Waals surface area (Å²) >= 11 is 6.88. The van der Waals surface area contributed by atoms with E-state index in [9.17, 15) is 4.79 Å². The molecule has 0 saturated carbocycles. The zero-order chi connectivity index (χ0) is 17.8. The molecule has 0 heterocycles. The molecule has 0 aliphatic rings. The van der Waals surface area contributed by atoms with Crippen molar-refractivity contribution < 1.29 is 9.53 Å². The van der Waals surface area contributed by atoms with Crippen LogP contribution in [-0.2, 0) is 0 Å². The second kappa shape index (κ2) is 7.80. The molecule has 0 atom stereocenters. The van der Waals surface area contributed by atoms with Crippen molar-refractivity contribution in [3.63, 3.8) is 0 Å². The minimum atomic E-state index is -0.250. The molecule has 25 heavy (non-hydrogen) atoms. The smallest absolute Gasteiger partial charge is 0.271 e. The van der Waals surface area contributed by atoms with Crippen molar-refractivity contribution in [2.45, 2.75) is 0 Å². The Balaban J connectivity index is 1.79. The maximum atomic E-state index is 12.4. The number of ether oxygens (including phenoxy) is 1. The summed E-state index contributed by atoms with van der Waals surface area (Å²) in [6.07, 6.45) is 1.58. The third-order valence-electron chi connectivity index (χ3n) is 3.64. The molecule has 0 bridgehead atoms. The minimum Gasteiger partial charge on any atom is -0.494 e. The predicted molar refractivity (Wildman–Crippen MR) is 107 cm³/mol. The van der Waals surface area contributed by atoms with Crippen LogP contribution >= 0.6 is 31.9 Å². The van der Waals surface area contributed by atoms with Gasteiger partial charge in [-0.05, 0) is 66.4 Å². The highest BCUT2D eigenvalue weighted by molar-refractivity contribution is 9.11. The Labute approximate surface area is 162 Å². The van der Waals surface area contributed by atoms with Gasteiger partial charge in [-0.3, -0.25) is 4.79 Å². The van der Waals surface area contributed by atoms with Crippen molar-refractivity contribution in [3.05, 3.63) is 74.7 Å². The number of carbonyl (C=O) groups excluding carboxylic acids is 1. The molecular formula is C19H14Br2N2O2. The van der Waals surface area contributed by atoms with Crippen LogP contribution in [0.4, 0.5) is 0 Å². The van der Waals surface area contributed by atoms with Crippen LogP contribution in [-0.4, -0.2) is 19.2 Å². The highest BCUT2D eigenvalue weighted by Crippen LogP contribution is 2.33. The normalized spacial score (nSPS) is 11.0. The Morgan fingerprint density at radius 3 is 2.48 bits per heavy atom. The molecule has 4 nitrogen and oxygen atoms in total.